The first-order chi connectivity index (χ1) is 8.15. The van der Waals surface area contributed by atoms with Crippen LogP contribution in [0.4, 0.5) is 8.78 Å². The molecule has 0 bridgehead atoms. The van der Waals surface area contributed by atoms with Gasteiger partial charge in [0.05, 0.1) is 6.42 Å². The quantitative estimate of drug-likeness (QED) is 0.876. The second-order valence-corrected chi connectivity index (χ2v) is 4.17. The van der Waals surface area contributed by atoms with Crippen LogP contribution in [0.1, 0.15) is 12.0 Å². The molecular formula is C12H15ClF2N2O. The second-order valence-electron chi connectivity index (χ2n) is 4.17. The van der Waals surface area contributed by atoms with Crippen molar-refractivity contribution in [1.29, 1.82) is 0 Å². The van der Waals surface area contributed by atoms with Gasteiger partial charge in [0.1, 0.15) is 11.6 Å². The Morgan fingerprint density at radius 2 is 2.22 bits per heavy atom. The molecule has 1 saturated heterocycles. The molecule has 1 fully saturated rings. The first-order valence-electron chi connectivity index (χ1n) is 5.59. The molecule has 18 heavy (non-hydrogen) atoms. The van der Waals surface area contributed by atoms with Crippen molar-refractivity contribution in [2.75, 3.05) is 13.1 Å². The van der Waals surface area contributed by atoms with Gasteiger partial charge in [0.2, 0.25) is 5.91 Å². The predicted octanol–water partition coefficient (Wildman–Crippen LogP) is 1.41. The Labute approximate surface area is 110 Å². The Bertz CT molecular complexity index is 423. The van der Waals surface area contributed by atoms with E-state index < -0.39 is 11.6 Å². The number of carbonyl (C=O) groups excluding carboxylic acids is 1. The van der Waals surface area contributed by atoms with Crippen LogP contribution in [0.3, 0.4) is 0 Å². The van der Waals surface area contributed by atoms with Crippen molar-refractivity contribution in [2.45, 2.75) is 18.9 Å². The van der Waals surface area contributed by atoms with E-state index in [1.54, 1.807) is 0 Å². The van der Waals surface area contributed by atoms with Crippen LogP contribution in [0, 0.1) is 11.6 Å². The largest absolute Gasteiger partial charge is 0.352 e. The third-order valence-electron chi connectivity index (χ3n) is 2.78. The summed E-state index contributed by atoms with van der Waals surface area (Å²) in [4.78, 5) is 11.6. The molecule has 2 N–H and O–H groups in total. The molecule has 100 valence electrons. The van der Waals surface area contributed by atoms with E-state index in [4.69, 9.17) is 0 Å². The van der Waals surface area contributed by atoms with Gasteiger partial charge in [-0.05, 0) is 31.2 Å². The minimum Gasteiger partial charge on any atom is -0.352 e. The van der Waals surface area contributed by atoms with E-state index >= 15 is 0 Å². The van der Waals surface area contributed by atoms with Crippen LogP contribution >= 0.6 is 12.4 Å². The standard InChI is InChI=1S/C12H14F2N2O.ClH/c13-9-1-2-11(14)8(5-9)6-12(17)16-10-3-4-15-7-10;/h1-2,5,10,15H,3-4,6-7H2,(H,16,17);1H. The zero-order valence-electron chi connectivity index (χ0n) is 9.71. The van der Waals surface area contributed by atoms with Crippen LogP contribution in [0.15, 0.2) is 18.2 Å². The Kier molecular flexibility index (Phi) is 5.50. The van der Waals surface area contributed by atoms with Crippen molar-refractivity contribution >= 4 is 18.3 Å². The molecule has 1 aliphatic rings. The van der Waals surface area contributed by atoms with Gasteiger partial charge in [0, 0.05) is 18.2 Å². The first kappa shape index (κ1) is 14.9. The molecule has 0 spiro atoms. The van der Waals surface area contributed by atoms with E-state index in [9.17, 15) is 13.6 Å². The summed E-state index contributed by atoms with van der Waals surface area (Å²) < 4.78 is 26.2. The van der Waals surface area contributed by atoms with Gasteiger partial charge in [-0.2, -0.15) is 0 Å². The van der Waals surface area contributed by atoms with Crippen LogP contribution in [-0.4, -0.2) is 25.0 Å². The highest BCUT2D eigenvalue weighted by Gasteiger charge is 2.17. The van der Waals surface area contributed by atoms with Gasteiger partial charge in [0.15, 0.2) is 0 Å². The van der Waals surface area contributed by atoms with E-state index in [1.165, 1.54) is 0 Å². The number of hydrogen-bond donors (Lipinski definition) is 2. The summed E-state index contributed by atoms with van der Waals surface area (Å²) in [5, 5.41) is 5.90. The Morgan fingerprint density at radius 3 is 2.89 bits per heavy atom. The lowest BCUT2D eigenvalue weighted by atomic mass is 10.1. The van der Waals surface area contributed by atoms with Crippen molar-refractivity contribution in [3.8, 4) is 0 Å². The Morgan fingerprint density at radius 1 is 1.44 bits per heavy atom. The minimum atomic E-state index is -0.550. The van der Waals surface area contributed by atoms with Crippen molar-refractivity contribution < 1.29 is 13.6 Å². The Hall–Kier alpha value is -1.20. The van der Waals surface area contributed by atoms with Crippen LogP contribution < -0.4 is 10.6 Å². The zero-order chi connectivity index (χ0) is 12.3. The van der Waals surface area contributed by atoms with Crippen molar-refractivity contribution in [1.82, 2.24) is 10.6 Å². The summed E-state index contributed by atoms with van der Waals surface area (Å²) in [6.07, 6.45) is 0.747. The molecule has 1 aromatic carbocycles. The SMILES string of the molecule is Cl.O=C(Cc1cc(F)ccc1F)NC1CCNC1. The monoisotopic (exact) mass is 276 g/mol. The molecule has 1 atom stereocenters. The van der Waals surface area contributed by atoms with Gasteiger partial charge in [0.25, 0.3) is 0 Å². The smallest absolute Gasteiger partial charge is 0.224 e. The van der Waals surface area contributed by atoms with Crippen LogP contribution in [0.5, 0.6) is 0 Å². The summed E-state index contributed by atoms with van der Waals surface area (Å²) in [6.45, 7) is 1.61. The fourth-order valence-electron chi connectivity index (χ4n) is 1.91. The average Bonchev–Trinajstić information content (AvgIpc) is 2.76. The third-order valence-corrected chi connectivity index (χ3v) is 2.78. The minimum absolute atomic E-state index is 0. The maximum atomic E-state index is 13.3. The number of halogens is 3. The van der Waals surface area contributed by atoms with Gasteiger partial charge >= 0.3 is 0 Å². The first-order valence-corrected chi connectivity index (χ1v) is 5.59. The van der Waals surface area contributed by atoms with Crippen LogP contribution in [0.2, 0.25) is 0 Å². The number of rotatable bonds is 3. The molecule has 2 rings (SSSR count). The number of amides is 1. The van der Waals surface area contributed by atoms with Crippen molar-refractivity contribution in [3.05, 3.63) is 35.4 Å². The highest BCUT2D eigenvalue weighted by Crippen LogP contribution is 2.10. The summed E-state index contributed by atoms with van der Waals surface area (Å²) in [7, 11) is 0. The predicted molar refractivity (Wildman–Crippen MR) is 66.7 cm³/mol. The van der Waals surface area contributed by atoms with E-state index in [2.05, 4.69) is 10.6 Å². The second kappa shape index (κ2) is 6.66. The molecule has 6 heteroatoms. The van der Waals surface area contributed by atoms with E-state index in [-0.39, 0.29) is 36.3 Å². The molecular weight excluding hydrogens is 262 g/mol. The topological polar surface area (TPSA) is 41.1 Å². The summed E-state index contributed by atoms with van der Waals surface area (Å²) in [6, 6.07) is 3.23. The van der Waals surface area contributed by atoms with Crippen LogP contribution in [0.25, 0.3) is 0 Å². The van der Waals surface area contributed by atoms with Gasteiger partial charge < -0.3 is 10.6 Å². The average molecular weight is 277 g/mol. The number of benzene rings is 1. The molecule has 1 unspecified atom stereocenters. The van der Waals surface area contributed by atoms with Gasteiger partial charge in [-0.3, -0.25) is 4.79 Å². The molecule has 0 aromatic heterocycles. The maximum absolute atomic E-state index is 13.3. The molecule has 1 amide bonds. The molecule has 0 radical (unpaired) electrons. The highest BCUT2D eigenvalue weighted by molar-refractivity contribution is 5.85. The lowest BCUT2D eigenvalue weighted by Crippen LogP contribution is -2.37. The Balaban J connectivity index is 0.00000162. The maximum Gasteiger partial charge on any atom is 0.224 e. The summed E-state index contributed by atoms with van der Waals surface area (Å²) >= 11 is 0. The van der Waals surface area contributed by atoms with Crippen LogP contribution in [-0.2, 0) is 11.2 Å². The van der Waals surface area contributed by atoms with E-state index in [1.807, 2.05) is 0 Å². The fraction of sp³-hybridized carbons (Fsp3) is 0.417. The van der Waals surface area contributed by atoms with Gasteiger partial charge in [-0.15, -0.1) is 12.4 Å². The lowest BCUT2D eigenvalue weighted by molar-refractivity contribution is -0.121. The summed E-state index contributed by atoms with van der Waals surface area (Å²) in [5.41, 5.74) is 0.0912. The molecule has 3 nitrogen and oxygen atoms in total. The number of carbonyl (C=O) groups is 1. The molecule has 0 saturated carbocycles. The zero-order valence-corrected chi connectivity index (χ0v) is 10.5. The highest BCUT2D eigenvalue weighted by atomic mass is 35.5. The molecule has 1 aromatic rings. The third kappa shape index (κ3) is 3.92. The number of hydrogen-bond acceptors (Lipinski definition) is 2. The fourth-order valence-corrected chi connectivity index (χ4v) is 1.91. The van der Waals surface area contributed by atoms with E-state index in [0.717, 1.165) is 37.7 Å². The molecule has 0 aliphatic carbocycles. The van der Waals surface area contributed by atoms with Gasteiger partial charge in [-0.1, -0.05) is 0 Å². The molecule has 1 heterocycles. The van der Waals surface area contributed by atoms with Crippen molar-refractivity contribution in [3.63, 3.8) is 0 Å². The van der Waals surface area contributed by atoms with Crippen molar-refractivity contribution in [2.24, 2.45) is 0 Å². The normalized spacial score (nSPS) is 18.2. The lowest BCUT2D eigenvalue weighted by Gasteiger charge is -2.11. The molecule has 1 aliphatic heterocycles. The summed E-state index contributed by atoms with van der Waals surface area (Å²) in [5.74, 6) is -1.36. The number of nitrogens with one attached hydrogen (secondary N) is 2. The van der Waals surface area contributed by atoms with Gasteiger partial charge in [-0.25, -0.2) is 8.78 Å². The van der Waals surface area contributed by atoms with E-state index in [0.29, 0.717) is 0 Å².